The Bertz CT molecular complexity index is 434. The average molecular weight is 164 g/mol. The molecule has 62 valence electrons. The van der Waals surface area contributed by atoms with Crippen LogP contribution in [0.1, 0.15) is 0 Å². The van der Waals surface area contributed by atoms with Gasteiger partial charge in [-0.15, -0.1) is 0 Å². The van der Waals surface area contributed by atoms with Crippen LogP contribution in [0.15, 0.2) is 18.5 Å². The van der Waals surface area contributed by atoms with E-state index in [1.165, 1.54) is 12.3 Å². The summed E-state index contributed by atoms with van der Waals surface area (Å²) in [7, 11) is 1.72. The summed E-state index contributed by atoms with van der Waals surface area (Å²) >= 11 is 0. The fourth-order valence-electron chi connectivity index (χ4n) is 1.18. The topological polar surface area (TPSA) is 58.3 Å². The maximum atomic E-state index is 9.43. The number of rotatable bonds is 0. The van der Waals surface area contributed by atoms with Crippen molar-refractivity contribution in [1.82, 2.24) is 9.55 Å². The monoisotopic (exact) mass is 164 g/mol. The van der Waals surface area contributed by atoms with Crippen molar-refractivity contribution in [3.05, 3.63) is 18.5 Å². The molecule has 2 rings (SSSR count). The summed E-state index contributed by atoms with van der Waals surface area (Å²) in [5.74, 6) is 0.178. The number of aromatic nitrogens is 2. The van der Waals surface area contributed by atoms with Crippen molar-refractivity contribution < 1.29 is 10.2 Å². The molecule has 0 aromatic carbocycles. The number of aromatic hydroxyl groups is 2. The minimum Gasteiger partial charge on any atom is -0.506 e. The summed E-state index contributed by atoms with van der Waals surface area (Å²) in [5, 5.41) is 19.1. The van der Waals surface area contributed by atoms with E-state index in [9.17, 15) is 5.11 Å². The maximum Gasteiger partial charge on any atom is 0.200 e. The molecule has 0 saturated carbocycles. The van der Waals surface area contributed by atoms with Gasteiger partial charge in [-0.05, 0) is 6.07 Å². The maximum absolute atomic E-state index is 9.43. The molecule has 4 nitrogen and oxygen atoms in total. The Kier molecular flexibility index (Phi) is 1.24. The molecule has 0 bridgehead atoms. The van der Waals surface area contributed by atoms with E-state index in [1.807, 2.05) is 0 Å². The fourth-order valence-corrected chi connectivity index (χ4v) is 1.18. The molecular formula is C8H8N2O2. The zero-order valence-corrected chi connectivity index (χ0v) is 6.52. The third-order valence-corrected chi connectivity index (χ3v) is 1.80. The van der Waals surface area contributed by atoms with Crippen LogP contribution in [0.2, 0.25) is 0 Å². The molecule has 0 aliphatic carbocycles. The zero-order chi connectivity index (χ0) is 8.72. The Morgan fingerprint density at radius 1 is 1.42 bits per heavy atom. The third kappa shape index (κ3) is 0.812. The highest BCUT2D eigenvalue weighted by molar-refractivity contribution is 5.85. The molecule has 0 atom stereocenters. The highest BCUT2D eigenvalue weighted by Crippen LogP contribution is 2.26. The molecule has 0 amide bonds. The second-order valence-electron chi connectivity index (χ2n) is 2.69. The smallest absolute Gasteiger partial charge is 0.200 e. The van der Waals surface area contributed by atoms with Gasteiger partial charge in [0.1, 0.15) is 5.75 Å². The van der Waals surface area contributed by atoms with Crippen LogP contribution >= 0.6 is 0 Å². The molecule has 0 aliphatic heterocycles. The minimum absolute atomic E-state index is 0.0593. The number of pyridine rings is 1. The van der Waals surface area contributed by atoms with Crippen molar-refractivity contribution in [2.45, 2.75) is 0 Å². The van der Waals surface area contributed by atoms with Gasteiger partial charge >= 0.3 is 0 Å². The van der Waals surface area contributed by atoms with Crippen LogP contribution in [0.5, 0.6) is 11.6 Å². The highest BCUT2D eigenvalue weighted by atomic mass is 16.3. The van der Waals surface area contributed by atoms with E-state index in [0.29, 0.717) is 10.9 Å². The van der Waals surface area contributed by atoms with Gasteiger partial charge in [-0.25, -0.2) is 0 Å². The Balaban J connectivity index is 2.88. The first-order valence-electron chi connectivity index (χ1n) is 3.51. The number of aryl methyl sites for hydroxylation is 1. The molecule has 0 saturated heterocycles. The summed E-state index contributed by atoms with van der Waals surface area (Å²) < 4.78 is 1.55. The summed E-state index contributed by atoms with van der Waals surface area (Å²) in [4.78, 5) is 3.93. The Labute approximate surface area is 68.7 Å². The van der Waals surface area contributed by atoms with Crippen LogP contribution in [0.3, 0.4) is 0 Å². The lowest BCUT2D eigenvalue weighted by atomic mass is 10.3. The molecule has 0 fully saturated rings. The van der Waals surface area contributed by atoms with E-state index in [4.69, 9.17) is 5.11 Å². The molecule has 2 aromatic rings. The van der Waals surface area contributed by atoms with E-state index in [0.717, 1.165) is 0 Å². The zero-order valence-electron chi connectivity index (χ0n) is 6.52. The van der Waals surface area contributed by atoms with Crippen LogP contribution < -0.4 is 0 Å². The van der Waals surface area contributed by atoms with Gasteiger partial charge in [-0.1, -0.05) is 0 Å². The van der Waals surface area contributed by atoms with Crippen molar-refractivity contribution in [3.63, 3.8) is 0 Å². The van der Waals surface area contributed by atoms with Gasteiger partial charge in [0, 0.05) is 13.2 Å². The van der Waals surface area contributed by atoms with Crippen LogP contribution in [0, 0.1) is 0 Å². The molecule has 0 unspecified atom stereocenters. The number of nitrogens with zero attached hydrogens (tertiary/aromatic N) is 2. The van der Waals surface area contributed by atoms with E-state index in [1.54, 1.807) is 17.8 Å². The predicted octanol–water partition coefficient (Wildman–Crippen LogP) is 0.984. The van der Waals surface area contributed by atoms with Gasteiger partial charge < -0.3 is 14.8 Å². The summed E-state index contributed by atoms with van der Waals surface area (Å²) in [6.45, 7) is 0. The van der Waals surface area contributed by atoms with Crippen molar-refractivity contribution in [2.24, 2.45) is 7.05 Å². The Morgan fingerprint density at radius 3 is 2.92 bits per heavy atom. The molecular weight excluding hydrogens is 156 g/mol. The number of hydrogen-bond acceptors (Lipinski definition) is 3. The molecule has 12 heavy (non-hydrogen) atoms. The van der Waals surface area contributed by atoms with E-state index in [2.05, 4.69) is 4.98 Å². The van der Waals surface area contributed by atoms with Gasteiger partial charge in [0.05, 0.1) is 17.1 Å². The lowest BCUT2D eigenvalue weighted by Gasteiger charge is -1.92. The van der Waals surface area contributed by atoms with Gasteiger partial charge in [-0.3, -0.25) is 4.98 Å². The van der Waals surface area contributed by atoms with Gasteiger partial charge in [0.15, 0.2) is 0 Å². The first-order chi connectivity index (χ1) is 5.68. The van der Waals surface area contributed by atoms with Crippen molar-refractivity contribution in [1.29, 1.82) is 0 Å². The normalized spacial score (nSPS) is 10.8. The molecule has 0 spiro atoms. The summed E-state index contributed by atoms with van der Waals surface area (Å²) in [5.41, 5.74) is 0.674. The van der Waals surface area contributed by atoms with Crippen LogP contribution in [0.4, 0.5) is 0 Å². The molecule has 4 heteroatoms. The first kappa shape index (κ1) is 6.97. The van der Waals surface area contributed by atoms with Crippen molar-refractivity contribution >= 4 is 10.9 Å². The summed E-state index contributed by atoms with van der Waals surface area (Å²) in [6, 6.07) is 1.48. The predicted molar refractivity (Wildman–Crippen MR) is 44.0 cm³/mol. The number of fused-ring (bicyclic) bond motifs is 1. The van der Waals surface area contributed by atoms with Crippen molar-refractivity contribution in [2.75, 3.05) is 0 Å². The average Bonchev–Trinajstić information content (AvgIpc) is 2.31. The largest absolute Gasteiger partial charge is 0.506 e. The Hall–Kier alpha value is -1.71. The lowest BCUT2D eigenvalue weighted by Crippen LogP contribution is -1.80. The van der Waals surface area contributed by atoms with E-state index < -0.39 is 0 Å². The van der Waals surface area contributed by atoms with E-state index >= 15 is 0 Å². The molecule has 2 N–H and O–H groups in total. The van der Waals surface area contributed by atoms with Crippen LogP contribution in [-0.4, -0.2) is 19.8 Å². The van der Waals surface area contributed by atoms with E-state index in [-0.39, 0.29) is 11.6 Å². The number of hydrogen-bond donors (Lipinski definition) is 2. The second kappa shape index (κ2) is 2.14. The summed E-state index contributed by atoms with van der Waals surface area (Å²) in [6.07, 6.45) is 3.05. The third-order valence-electron chi connectivity index (χ3n) is 1.80. The SMILES string of the molecule is Cn1cc2ncc(O)cc2c1O. The standard InChI is InChI=1S/C8H8N2O2/c1-10-4-7-6(8(10)12)2-5(11)3-9-7/h2-4,11-12H,1H3. The molecule has 0 aliphatic rings. The molecule has 2 aromatic heterocycles. The van der Waals surface area contributed by atoms with Crippen LogP contribution in [0.25, 0.3) is 10.9 Å². The first-order valence-corrected chi connectivity index (χ1v) is 3.51. The quantitative estimate of drug-likeness (QED) is 0.610. The minimum atomic E-state index is 0.0593. The fraction of sp³-hybridized carbons (Fsp3) is 0.125. The van der Waals surface area contributed by atoms with Gasteiger partial charge in [-0.2, -0.15) is 0 Å². The molecule has 2 heterocycles. The highest BCUT2D eigenvalue weighted by Gasteiger charge is 2.06. The second-order valence-corrected chi connectivity index (χ2v) is 2.69. The van der Waals surface area contributed by atoms with Gasteiger partial charge in [0.25, 0.3) is 0 Å². The molecule has 0 radical (unpaired) electrons. The lowest BCUT2D eigenvalue weighted by molar-refractivity contribution is 0.437. The van der Waals surface area contributed by atoms with Gasteiger partial charge in [0.2, 0.25) is 5.88 Å². The van der Waals surface area contributed by atoms with Crippen molar-refractivity contribution in [3.8, 4) is 11.6 Å². The Morgan fingerprint density at radius 2 is 2.17 bits per heavy atom. The van der Waals surface area contributed by atoms with Crippen LogP contribution in [-0.2, 0) is 7.05 Å².